The number of urea groups is 2. The average Bonchev–Trinajstić information content (AvgIpc) is 2.36. The Balaban J connectivity index is 3.05. The summed E-state index contributed by atoms with van der Waals surface area (Å²) >= 11 is 0. The van der Waals surface area contributed by atoms with E-state index in [9.17, 15) is 14.9 Å². The Bertz CT molecular complexity index is 425. The lowest BCUT2D eigenvalue weighted by Gasteiger charge is -2.34. The summed E-state index contributed by atoms with van der Waals surface area (Å²) < 4.78 is 0. The van der Waals surface area contributed by atoms with Crippen LogP contribution in [0.15, 0.2) is 4.99 Å². The van der Waals surface area contributed by atoms with Crippen molar-refractivity contribution in [3.05, 3.63) is 0 Å². The summed E-state index contributed by atoms with van der Waals surface area (Å²) in [5, 5.41) is 11.8. The molecule has 0 radical (unpaired) electrons. The summed E-state index contributed by atoms with van der Waals surface area (Å²) in [6, 6.07) is 0.700. The number of nitrogens with one attached hydrogen (secondary N) is 1. The highest BCUT2D eigenvalue weighted by Gasteiger charge is 2.40. The first kappa shape index (κ1) is 15.2. The Hall–Kier alpha value is -1.90. The van der Waals surface area contributed by atoms with Gasteiger partial charge in [0.2, 0.25) is 0 Å². The van der Waals surface area contributed by atoms with Gasteiger partial charge in [-0.2, -0.15) is 5.26 Å². The smallest absolute Gasteiger partial charge is 0.338 e. The van der Waals surface area contributed by atoms with Gasteiger partial charge in [-0.1, -0.05) is 19.8 Å². The SMILES string of the molecule is CCCCC1C(C#N)C(C)=NC(=O)N1C(=O)NCC. The summed E-state index contributed by atoms with van der Waals surface area (Å²) in [6.45, 7) is 5.91. The predicted molar refractivity (Wildman–Crippen MR) is 71.8 cm³/mol. The van der Waals surface area contributed by atoms with Crippen LogP contribution in [0.3, 0.4) is 0 Å². The van der Waals surface area contributed by atoms with Gasteiger partial charge < -0.3 is 5.32 Å². The van der Waals surface area contributed by atoms with Crippen molar-refractivity contribution >= 4 is 17.8 Å². The van der Waals surface area contributed by atoms with Gasteiger partial charge in [0, 0.05) is 12.3 Å². The molecule has 1 aliphatic heterocycles. The number of nitrogens with zero attached hydrogens (tertiary/aromatic N) is 3. The van der Waals surface area contributed by atoms with Crippen LogP contribution in [0.5, 0.6) is 0 Å². The van der Waals surface area contributed by atoms with Gasteiger partial charge in [0.15, 0.2) is 0 Å². The van der Waals surface area contributed by atoms with Crippen molar-refractivity contribution in [2.75, 3.05) is 6.54 Å². The summed E-state index contributed by atoms with van der Waals surface area (Å²) in [7, 11) is 0. The quantitative estimate of drug-likeness (QED) is 0.845. The lowest BCUT2D eigenvalue weighted by molar-refractivity contribution is 0.163. The molecule has 1 N–H and O–H groups in total. The van der Waals surface area contributed by atoms with Crippen LogP contribution in [-0.4, -0.2) is 35.3 Å². The van der Waals surface area contributed by atoms with Crippen LogP contribution in [-0.2, 0) is 0 Å². The molecule has 0 aromatic carbocycles. The number of rotatable bonds is 4. The maximum atomic E-state index is 12.0. The standard InChI is InChI=1S/C13H20N4O2/c1-4-6-7-11-10(8-14)9(3)16-13(19)17(11)12(18)15-5-2/h10-11H,4-7H2,1-3H3,(H,15,18). The van der Waals surface area contributed by atoms with Crippen molar-refractivity contribution < 1.29 is 9.59 Å². The predicted octanol–water partition coefficient (Wildman–Crippen LogP) is 2.31. The van der Waals surface area contributed by atoms with E-state index in [1.165, 1.54) is 0 Å². The zero-order valence-electron chi connectivity index (χ0n) is 11.6. The molecule has 1 aliphatic rings. The fourth-order valence-electron chi connectivity index (χ4n) is 2.21. The summed E-state index contributed by atoms with van der Waals surface area (Å²) in [4.78, 5) is 28.8. The van der Waals surface area contributed by atoms with E-state index in [2.05, 4.69) is 16.4 Å². The highest BCUT2D eigenvalue weighted by Crippen LogP contribution is 2.24. The number of carbonyl (C=O) groups is 2. The zero-order valence-corrected chi connectivity index (χ0v) is 11.6. The summed E-state index contributed by atoms with van der Waals surface area (Å²) in [5.74, 6) is -0.508. The summed E-state index contributed by atoms with van der Waals surface area (Å²) in [5.41, 5.74) is 0.495. The minimum atomic E-state index is -0.573. The van der Waals surface area contributed by atoms with E-state index < -0.39 is 24.0 Å². The van der Waals surface area contributed by atoms with E-state index in [4.69, 9.17) is 0 Å². The van der Waals surface area contributed by atoms with Gasteiger partial charge in [0.25, 0.3) is 0 Å². The third-order valence-corrected chi connectivity index (χ3v) is 3.18. The minimum absolute atomic E-state index is 0.415. The highest BCUT2D eigenvalue weighted by molar-refractivity contribution is 6.05. The molecule has 0 aromatic heterocycles. The molecule has 1 rings (SSSR count). The first-order chi connectivity index (χ1) is 9.06. The van der Waals surface area contributed by atoms with E-state index in [1.54, 1.807) is 13.8 Å². The highest BCUT2D eigenvalue weighted by atomic mass is 16.2. The molecule has 104 valence electrons. The molecule has 0 fully saturated rings. The Morgan fingerprint density at radius 1 is 1.53 bits per heavy atom. The van der Waals surface area contributed by atoms with E-state index in [-0.39, 0.29) is 0 Å². The fourth-order valence-corrected chi connectivity index (χ4v) is 2.21. The Morgan fingerprint density at radius 2 is 2.21 bits per heavy atom. The molecule has 6 heteroatoms. The van der Waals surface area contributed by atoms with Crippen LogP contribution in [0, 0.1) is 17.2 Å². The van der Waals surface area contributed by atoms with Crippen molar-refractivity contribution in [2.45, 2.75) is 46.1 Å². The van der Waals surface area contributed by atoms with Crippen LogP contribution >= 0.6 is 0 Å². The molecule has 2 unspecified atom stereocenters. The molecule has 0 saturated heterocycles. The van der Waals surface area contributed by atoms with Crippen molar-refractivity contribution in [3.63, 3.8) is 0 Å². The normalized spacial score (nSPS) is 22.7. The minimum Gasteiger partial charge on any atom is -0.338 e. The van der Waals surface area contributed by atoms with Gasteiger partial charge >= 0.3 is 12.1 Å². The molecule has 19 heavy (non-hydrogen) atoms. The third kappa shape index (κ3) is 3.31. The first-order valence-corrected chi connectivity index (χ1v) is 6.62. The van der Waals surface area contributed by atoms with Gasteiger partial charge in [-0.05, 0) is 20.3 Å². The van der Waals surface area contributed by atoms with Crippen molar-refractivity contribution in [1.29, 1.82) is 5.26 Å². The van der Waals surface area contributed by atoms with Crippen LogP contribution in [0.1, 0.15) is 40.0 Å². The van der Waals surface area contributed by atoms with E-state index in [0.29, 0.717) is 18.7 Å². The number of amides is 4. The fraction of sp³-hybridized carbons (Fsp3) is 0.692. The molecule has 0 spiro atoms. The molecule has 0 bridgehead atoms. The van der Waals surface area contributed by atoms with Gasteiger partial charge in [0.05, 0.1) is 12.1 Å². The van der Waals surface area contributed by atoms with Crippen molar-refractivity contribution in [1.82, 2.24) is 10.2 Å². The molecule has 4 amide bonds. The maximum Gasteiger partial charge on any atom is 0.351 e. The van der Waals surface area contributed by atoms with Crippen LogP contribution in [0.25, 0.3) is 0 Å². The Morgan fingerprint density at radius 3 is 2.74 bits per heavy atom. The van der Waals surface area contributed by atoms with E-state index >= 15 is 0 Å². The zero-order chi connectivity index (χ0) is 14.4. The number of hydrogen-bond donors (Lipinski definition) is 1. The number of aliphatic imine (C=N–C) groups is 1. The van der Waals surface area contributed by atoms with Gasteiger partial charge in [-0.15, -0.1) is 0 Å². The molecular weight excluding hydrogens is 244 g/mol. The van der Waals surface area contributed by atoms with Crippen molar-refractivity contribution in [3.8, 4) is 6.07 Å². The van der Waals surface area contributed by atoms with Crippen LogP contribution < -0.4 is 5.32 Å². The Labute approximate surface area is 113 Å². The third-order valence-electron chi connectivity index (χ3n) is 3.18. The van der Waals surface area contributed by atoms with E-state index in [1.807, 2.05) is 6.92 Å². The lowest BCUT2D eigenvalue weighted by atomic mass is 9.90. The molecule has 2 atom stereocenters. The molecule has 0 aromatic rings. The van der Waals surface area contributed by atoms with Gasteiger partial charge in [0.1, 0.15) is 5.92 Å². The second-order valence-electron chi connectivity index (χ2n) is 4.56. The number of nitriles is 1. The van der Waals surface area contributed by atoms with Gasteiger partial charge in [-0.3, -0.25) is 0 Å². The number of unbranched alkanes of at least 4 members (excludes halogenated alkanes) is 1. The number of imide groups is 1. The number of carbonyl (C=O) groups excluding carboxylic acids is 2. The average molecular weight is 264 g/mol. The molecule has 0 aliphatic carbocycles. The second kappa shape index (κ2) is 6.88. The summed E-state index contributed by atoms with van der Waals surface area (Å²) in [6.07, 6.45) is 2.44. The monoisotopic (exact) mass is 264 g/mol. The first-order valence-electron chi connectivity index (χ1n) is 6.62. The van der Waals surface area contributed by atoms with Crippen LogP contribution in [0.4, 0.5) is 9.59 Å². The lowest BCUT2D eigenvalue weighted by Crippen LogP contribution is -2.55. The Kier molecular flexibility index (Phi) is 5.49. The number of hydrogen-bond acceptors (Lipinski definition) is 3. The maximum absolute atomic E-state index is 12.0. The molecular formula is C13H20N4O2. The van der Waals surface area contributed by atoms with Crippen molar-refractivity contribution in [2.24, 2.45) is 10.9 Å². The largest absolute Gasteiger partial charge is 0.351 e. The van der Waals surface area contributed by atoms with Gasteiger partial charge in [-0.25, -0.2) is 19.5 Å². The molecule has 1 heterocycles. The molecule has 0 saturated carbocycles. The molecule has 6 nitrogen and oxygen atoms in total. The van der Waals surface area contributed by atoms with E-state index in [0.717, 1.165) is 17.7 Å². The second-order valence-corrected chi connectivity index (χ2v) is 4.56. The topological polar surface area (TPSA) is 85.6 Å². The van der Waals surface area contributed by atoms with Crippen LogP contribution in [0.2, 0.25) is 0 Å².